The van der Waals surface area contributed by atoms with Crippen molar-refractivity contribution in [1.29, 1.82) is 0 Å². The highest BCUT2D eigenvalue weighted by Crippen LogP contribution is 2.26. The lowest BCUT2D eigenvalue weighted by Gasteiger charge is -2.33. The van der Waals surface area contributed by atoms with E-state index in [2.05, 4.69) is 47.9 Å². The maximum atomic E-state index is 12.1. The summed E-state index contributed by atoms with van der Waals surface area (Å²) in [5.41, 5.74) is 0.996. The number of hydrogen-bond donors (Lipinski definition) is 1. The van der Waals surface area contributed by atoms with E-state index < -0.39 is 0 Å². The molecule has 1 aliphatic heterocycles. The van der Waals surface area contributed by atoms with Gasteiger partial charge in [0.15, 0.2) is 5.13 Å². The van der Waals surface area contributed by atoms with Crippen molar-refractivity contribution in [3.05, 3.63) is 11.1 Å². The Hall–Kier alpha value is -0.700. The van der Waals surface area contributed by atoms with Gasteiger partial charge in [-0.3, -0.25) is 4.79 Å². The highest BCUT2D eigenvalue weighted by molar-refractivity contribution is 8.23. The van der Waals surface area contributed by atoms with Crippen LogP contribution in [0.1, 0.15) is 26.5 Å². The molecule has 1 aromatic heterocycles. The summed E-state index contributed by atoms with van der Waals surface area (Å²) in [6.45, 7) is 10.2. The van der Waals surface area contributed by atoms with Gasteiger partial charge in [-0.2, -0.15) is 0 Å². The van der Waals surface area contributed by atoms with E-state index >= 15 is 0 Å². The number of anilines is 1. The van der Waals surface area contributed by atoms with Crippen LogP contribution in [0.25, 0.3) is 0 Å². The van der Waals surface area contributed by atoms with Crippen molar-refractivity contribution in [2.75, 3.05) is 44.3 Å². The SMILES string of the molecule is CN1CCN(C(=S)SCC(=O)Nc2nc(C(C)(C)C)cs2)CC1. The number of rotatable bonds is 3. The van der Waals surface area contributed by atoms with Crippen molar-refractivity contribution >= 4 is 50.7 Å². The second kappa shape index (κ2) is 7.92. The Morgan fingerprint density at radius 3 is 2.61 bits per heavy atom. The number of hydrogen-bond acceptors (Lipinski definition) is 6. The zero-order valence-electron chi connectivity index (χ0n) is 14.1. The Morgan fingerprint density at radius 2 is 2.04 bits per heavy atom. The van der Waals surface area contributed by atoms with Crippen molar-refractivity contribution in [3.8, 4) is 0 Å². The van der Waals surface area contributed by atoms with Gasteiger partial charge in [0.1, 0.15) is 4.32 Å². The Kier molecular flexibility index (Phi) is 6.41. The lowest BCUT2D eigenvalue weighted by atomic mass is 9.93. The predicted octanol–water partition coefficient (Wildman–Crippen LogP) is 2.64. The second-order valence-electron chi connectivity index (χ2n) is 6.68. The molecule has 1 aliphatic rings. The second-order valence-corrected chi connectivity index (χ2v) is 9.15. The normalized spacial score (nSPS) is 16.4. The van der Waals surface area contributed by atoms with Gasteiger partial charge in [-0.1, -0.05) is 44.8 Å². The zero-order chi connectivity index (χ0) is 17.0. The first kappa shape index (κ1) is 18.6. The van der Waals surface area contributed by atoms with Gasteiger partial charge in [-0.05, 0) is 7.05 Å². The third kappa shape index (κ3) is 5.70. The number of nitrogens with zero attached hydrogens (tertiary/aromatic N) is 3. The number of amides is 1. The highest BCUT2D eigenvalue weighted by Gasteiger charge is 2.19. The third-order valence-electron chi connectivity index (χ3n) is 3.61. The summed E-state index contributed by atoms with van der Waals surface area (Å²) in [6.07, 6.45) is 0. The number of likely N-dealkylation sites (N-methyl/N-ethyl adjacent to an activating group) is 1. The summed E-state index contributed by atoms with van der Waals surface area (Å²) in [7, 11) is 2.11. The quantitative estimate of drug-likeness (QED) is 0.823. The minimum atomic E-state index is -0.0544. The van der Waals surface area contributed by atoms with E-state index in [-0.39, 0.29) is 11.3 Å². The summed E-state index contributed by atoms with van der Waals surface area (Å²) in [5, 5.41) is 5.52. The molecule has 128 valence electrons. The van der Waals surface area contributed by atoms with Gasteiger partial charge in [0.05, 0.1) is 11.4 Å². The molecular weight excluding hydrogens is 348 g/mol. The van der Waals surface area contributed by atoms with Crippen LogP contribution in [0.2, 0.25) is 0 Å². The average molecular weight is 373 g/mol. The van der Waals surface area contributed by atoms with E-state index in [1.807, 2.05) is 5.38 Å². The first-order valence-corrected chi connectivity index (χ1v) is 9.89. The Balaban J connectivity index is 1.77. The molecule has 2 heterocycles. The van der Waals surface area contributed by atoms with Crippen LogP contribution < -0.4 is 5.32 Å². The summed E-state index contributed by atoms with van der Waals surface area (Å²) in [5.74, 6) is 0.275. The average Bonchev–Trinajstić information content (AvgIpc) is 2.94. The van der Waals surface area contributed by atoms with Gasteiger partial charge in [-0.15, -0.1) is 11.3 Å². The van der Waals surface area contributed by atoms with E-state index in [0.29, 0.717) is 10.9 Å². The van der Waals surface area contributed by atoms with Crippen LogP contribution in [0.15, 0.2) is 5.38 Å². The van der Waals surface area contributed by atoms with E-state index in [1.165, 1.54) is 23.1 Å². The lowest BCUT2D eigenvalue weighted by molar-refractivity contribution is -0.113. The molecule has 0 spiro atoms. The van der Waals surface area contributed by atoms with Gasteiger partial charge < -0.3 is 15.1 Å². The zero-order valence-corrected chi connectivity index (χ0v) is 16.5. The monoisotopic (exact) mass is 372 g/mol. The van der Waals surface area contributed by atoms with Crippen molar-refractivity contribution in [1.82, 2.24) is 14.8 Å². The summed E-state index contributed by atoms with van der Waals surface area (Å²) < 4.78 is 0.808. The smallest absolute Gasteiger partial charge is 0.236 e. The minimum Gasteiger partial charge on any atom is -0.355 e. The molecule has 1 saturated heterocycles. The molecule has 1 amide bonds. The lowest BCUT2D eigenvalue weighted by Crippen LogP contribution is -2.46. The molecule has 0 aliphatic carbocycles. The molecule has 23 heavy (non-hydrogen) atoms. The fraction of sp³-hybridized carbons (Fsp3) is 0.667. The molecule has 0 aromatic carbocycles. The van der Waals surface area contributed by atoms with Gasteiger partial charge >= 0.3 is 0 Å². The standard InChI is InChI=1S/C15H24N4OS3/c1-15(2,3)11-9-22-13(16-11)17-12(20)10-23-14(21)19-7-5-18(4)6-8-19/h9H,5-8,10H2,1-4H3,(H,16,17,20). The van der Waals surface area contributed by atoms with Crippen molar-refractivity contribution < 1.29 is 4.79 Å². The number of carbonyl (C=O) groups excluding carboxylic acids is 1. The van der Waals surface area contributed by atoms with Crippen molar-refractivity contribution in [2.45, 2.75) is 26.2 Å². The Morgan fingerprint density at radius 1 is 1.39 bits per heavy atom. The van der Waals surface area contributed by atoms with Gasteiger partial charge in [0.2, 0.25) is 5.91 Å². The van der Waals surface area contributed by atoms with Crippen LogP contribution in [-0.4, -0.2) is 64.0 Å². The fourth-order valence-corrected chi connectivity index (χ4v) is 4.04. The van der Waals surface area contributed by atoms with Crippen molar-refractivity contribution in [3.63, 3.8) is 0 Å². The summed E-state index contributed by atoms with van der Waals surface area (Å²) in [4.78, 5) is 21.0. The topological polar surface area (TPSA) is 48.5 Å². The minimum absolute atomic E-state index is 0.00276. The number of piperazine rings is 1. The molecule has 1 fully saturated rings. The van der Waals surface area contributed by atoms with Crippen LogP contribution in [0.4, 0.5) is 5.13 Å². The number of thiocarbonyl (C=S) groups is 1. The number of nitrogens with one attached hydrogen (secondary N) is 1. The van der Waals surface area contributed by atoms with Gasteiger partial charge in [0.25, 0.3) is 0 Å². The van der Waals surface area contributed by atoms with E-state index in [4.69, 9.17) is 12.2 Å². The number of aromatic nitrogens is 1. The maximum Gasteiger partial charge on any atom is 0.236 e. The van der Waals surface area contributed by atoms with E-state index in [1.54, 1.807) is 0 Å². The summed E-state index contributed by atoms with van der Waals surface area (Å²) >= 11 is 8.32. The first-order chi connectivity index (χ1) is 10.8. The molecule has 5 nitrogen and oxygen atoms in total. The van der Waals surface area contributed by atoms with Crippen LogP contribution in [-0.2, 0) is 10.2 Å². The summed E-state index contributed by atoms with van der Waals surface area (Å²) in [6, 6.07) is 0. The number of thiazole rings is 1. The predicted molar refractivity (Wildman–Crippen MR) is 104 cm³/mol. The molecule has 0 atom stereocenters. The van der Waals surface area contributed by atoms with Crippen LogP contribution >= 0.6 is 35.3 Å². The molecule has 1 aromatic rings. The largest absolute Gasteiger partial charge is 0.355 e. The third-order valence-corrected chi connectivity index (χ3v) is 5.89. The molecule has 0 unspecified atom stereocenters. The maximum absolute atomic E-state index is 12.1. The Labute approximate surface area is 151 Å². The first-order valence-electron chi connectivity index (χ1n) is 7.62. The van der Waals surface area contributed by atoms with E-state index in [9.17, 15) is 4.79 Å². The molecule has 1 N–H and O–H groups in total. The fourth-order valence-electron chi connectivity index (χ4n) is 2.04. The van der Waals surface area contributed by atoms with Gasteiger partial charge in [-0.25, -0.2) is 4.98 Å². The molecule has 8 heteroatoms. The van der Waals surface area contributed by atoms with Crippen molar-refractivity contribution in [2.24, 2.45) is 0 Å². The molecular formula is C15H24N4OS3. The van der Waals surface area contributed by atoms with Gasteiger partial charge in [0, 0.05) is 37.0 Å². The molecule has 0 bridgehead atoms. The van der Waals surface area contributed by atoms with Crippen LogP contribution in [0.5, 0.6) is 0 Å². The number of carbonyl (C=O) groups is 1. The van der Waals surface area contributed by atoms with Crippen LogP contribution in [0.3, 0.4) is 0 Å². The highest BCUT2D eigenvalue weighted by atomic mass is 32.2. The number of thioether (sulfide) groups is 1. The van der Waals surface area contributed by atoms with E-state index in [0.717, 1.165) is 36.2 Å². The molecule has 2 rings (SSSR count). The molecule has 0 radical (unpaired) electrons. The Bertz CT molecular complexity index is 559. The van der Waals surface area contributed by atoms with Crippen LogP contribution in [0, 0.1) is 0 Å². The molecule has 0 saturated carbocycles.